The maximum atomic E-state index is 12.4. The number of halogens is 4. The van der Waals surface area contributed by atoms with Crippen molar-refractivity contribution in [1.82, 2.24) is 15.5 Å². The summed E-state index contributed by atoms with van der Waals surface area (Å²) in [6.07, 6.45) is -2.59. The molecule has 144 valence electrons. The van der Waals surface area contributed by atoms with Gasteiger partial charge in [0.25, 0.3) is 0 Å². The minimum absolute atomic E-state index is 0. The maximum Gasteiger partial charge on any atom is 0.401 e. The van der Waals surface area contributed by atoms with Crippen LogP contribution in [0.1, 0.15) is 26.7 Å². The number of alkyl halides is 3. The van der Waals surface area contributed by atoms with Crippen LogP contribution < -0.4 is 10.6 Å². The molecule has 0 aromatic rings. The normalized spacial score (nSPS) is 19.5. The molecule has 0 bridgehead atoms. The van der Waals surface area contributed by atoms with Gasteiger partial charge in [-0.3, -0.25) is 9.89 Å². The van der Waals surface area contributed by atoms with Crippen molar-refractivity contribution in [1.29, 1.82) is 0 Å². The van der Waals surface area contributed by atoms with Crippen molar-refractivity contribution >= 4 is 29.9 Å². The van der Waals surface area contributed by atoms with Crippen molar-refractivity contribution in [3.8, 4) is 0 Å². The second kappa shape index (κ2) is 12.1. The fraction of sp³-hybridized carbons (Fsp3) is 0.933. The molecule has 0 saturated carbocycles. The highest BCUT2D eigenvalue weighted by molar-refractivity contribution is 14.0. The van der Waals surface area contributed by atoms with Crippen LogP contribution in [-0.4, -0.2) is 69.5 Å². The molecule has 1 heterocycles. The summed E-state index contributed by atoms with van der Waals surface area (Å²) in [7, 11) is 1.66. The second-order valence-corrected chi connectivity index (χ2v) is 6.30. The van der Waals surface area contributed by atoms with Crippen molar-refractivity contribution in [3.05, 3.63) is 0 Å². The van der Waals surface area contributed by atoms with Gasteiger partial charge in [0.2, 0.25) is 0 Å². The first-order valence-corrected chi connectivity index (χ1v) is 8.14. The van der Waals surface area contributed by atoms with Gasteiger partial charge in [-0.15, -0.1) is 24.0 Å². The van der Waals surface area contributed by atoms with E-state index in [2.05, 4.69) is 29.5 Å². The van der Waals surface area contributed by atoms with Gasteiger partial charge in [0.15, 0.2) is 5.96 Å². The zero-order valence-corrected chi connectivity index (χ0v) is 17.0. The summed E-state index contributed by atoms with van der Waals surface area (Å²) in [6.45, 7) is 6.37. The van der Waals surface area contributed by atoms with Gasteiger partial charge in [-0.25, -0.2) is 0 Å². The monoisotopic (exact) mass is 466 g/mol. The van der Waals surface area contributed by atoms with Crippen LogP contribution in [0.3, 0.4) is 0 Å². The smallest absolute Gasteiger partial charge is 0.381 e. The fourth-order valence-electron chi connectivity index (χ4n) is 2.44. The number of hydrogen-bond acceptors (Lipinski definition) is 3. The average Bonchev–Trinajstić information content (AvgIpc) is 2.85. The van der Waals surface area contributed by atoms with Gasteiger partial charge in [0.1, 0.15) is 0 Å². The Balaban J connectivity index is 0.00000529. The van der Waals surface area contributed by atoms with E-state index in [1.54, 1.807) is 7.05 Å². The Kier molecular flexibility index (Phi) is 12.0. The van der Waals surface area contributed by atoms with Crippen LogP contribution in [0.5, 0.6) is 0 Å². The van der Waals surface area contributed by atoms with Crippen LogP contribution >= 0.6 is 24.0 Å². The quantitative estimate of drug-likeness (QED) is 0.250. The molecule has 1 rings (SSSR count). The third-order valence-electron chi connectivity index (χ3n) is 3.45. The highest BCUT2D eigenvalue weighted by atomic mass is 127. The lowest BCUT2D eigenvalue weighted by Gasteiger charge is -2.19. The Morgan fingerprint density at radius 2 is 2.08 bits per heavy atom. The summed E-state index contributed by atoms with van der Waals surface area (Å²) < 4.78 is 42.6. The topological polar surface area (TPSA) is 48.9 Å². The van der Waals surface area contributed by atoms with E-state index in [0.29, 0.717) is 38.0 Å². The van der Waals surface area contributed by atoms with E-state index in [1.807, 2.05) is 0 Å². The van der Waals surface area contributed by atoms with Crippen LogP contribution in [-0.2, 0) is 4.74 Å². The van der Waals surface area contributed by atoms with Crippen LogP contribution in [0.4, 0.5) is 13.2 Å². The number of likely N-dealkylation sites (tertiary alicyclic amines) is 1. The van der Waals surface area contributed by atoms with Gasteiger partial charge in [-0.2, -0.15) is 13.2 Å². The van der Waals surface area contributed by atoms with Gasteiger partial charge >= 0.3 is 6.18 Å². The second-order valence-electron chi connectivity index (χ2n) is 6.30. The summed E-state index contributed by atoms with van der Waals surface area (Å²) in [5, 5.41) is 6.35. The molecule has 2 N–H and O–H groups in total. The first kappa shape index (κ1) is 23.7. The van der Waals surface area contributed by atoms with E-state index < -0.39 is 12.7 Å². The molecule has 0 aromatic heterocycles. The Hall–Kier alpha value is -0.290. The predicted molar refractivity (Wildman–Crippen MR) is 101 cm³/mol. The number of hydrogen-bond donors (Lipinski definition) is 2. The van der Waals surface area contributed by atoms with Crippen LogP contribution in [0.2, 0.25) is 0 Å². The van der Waals surface area contributed by atoms with Crippen molar-refractivity contribution in [3.63, 3.8) is 0 Å². The molecule has 0 aromatic carbocycles. The zero-order valence-electron chi connectivity index (χ0n) is 14.7. The van der Waals surface area contributed by atoms with Gasteiger partial charge in [-0.1, -0.05) is 13.8 Å². The first-order valence-electron chi connectivity index (χ1n) is 8.14. The molecule has 1 unspecified atom stereocenters. The summed E-state index contributed by atoms with van der Waals surface area (Å²) >= 11 is 0. The number of guanidine groups is 1. The lowest BCUT2D eigenvalue weighted by molar-refractivity contribution is -0.143. The molecule has 0 radical (unpaired) electrons. The lowest BCUT2D eigenvalue weighted by atomic mass is 10.2. The summed E-state index contributed by atoms with van der Waals surface area (Å²) in [6, 6.07) is 0.000686. The van der Waals surface area contributed by atoms with Gasteiger partial charge in [0, 0.05) is 45.9 Å². The van der Waals surface area contributed by atoms with Gasteiger partial charge in [-0.05, 0) is 18.8 Å². The van der Waals surface area contributed by atoms with Crippen molar-refractivity contribution < 1.29 is 17.9 Å². The Labute approximate surface area is 159 Å². The molecule has 1 atom stereocenters. The van der Waals surface area contributed by atoms with Crippen molar-refractivity contribution in [2.75, 3.05) is 46.4 Å². The Morgan fingerprint density at radius 3 is 2.67 bits per heavy atom. The van der Waals surface area contributed by atoms with Crippen LogP contribution in [0, 0.1) is 5.92 Å². The molecule has 5 nitrogen and oxygen atoms in total. The molecular formula is C15H30F3IN4O. The highest BCUT2D eigenvalue weighted by Gasteiger charge is 2.34. The summed E-state index contributed by atoms with van der Waals surface area (Å²) in [5.74, 6) is 1.16. The number of rotatable bonds is 8. The predicted octanol–water partition coefficient (Wildman–Crippen LogP) is 2.47. The molecule has 1 saturated heterocycles. The van der Waals surface area contributed by atoms with E-state index in [-0.39, 0.29) is 30.0 Å². The molecule has 1 fully saturated rings. The standard InChI is InChI=1S/C15H29F3N4O.HI/c1-12(2)10-23-8-4-6-20-14(19-3)21-13-5-7-22(9-13)11-15(16,17)18;/h12-13H,4-11H2,1-3H3,(H2,19,20,21);1H. The van der Waals surface area contributed by atoms with E-state index in [1.165, 1.54) is 4.90 Å². The maximum absolute atomic E-state index is 12.4. The number of nitrogens with zero attached hydrogens (tertiary/aromatic N) is 2. The SMILES string of the molecule is CN=C(NCCCOCC(C)C)NC1CCN(CC(F)(F)F)C1.I. The third kappa shape index (κ3) is 11.3. The van der Waals surface area contributed by atoms with Crippen molar-refractivity contribution in [2.45, 2.75) is 38.9 Å². The van der Waals surface area contributed by atoms with Gasteiger partial charge in [0.05, 0.1) is 6.54 Å². The van der Waals surface area contributed by atoms with E-state index in [4.69, 9.17) is 4.74 Å². The van der Waals surface area contributed by atoms with Crippen LogP contribution in [0.25, 0.3) is 0 Å². The van der Waals surface area contributed by atoms with Crippen LogP contribution in [0.15, 0.2) is 4.99 Å². The zero-order chi connectivity index (χ0) is 17.3. The lowest BCUT2D eigenvalue weighted by Crippen LogP contribution is -2.45. The highest BCUT2D eigenvalue weighted by Crippen LogP contribution is 2.19. The Bertz CT molecular complexity index is 367. The largest absolute Gasteiger partial charge is 0.401 e. The molecule has 9 heteroatoms. The molecular weight excluding hydrogens is 436 g/mol. The average molecular weight is 466 g/mol. The van der Waals surface area contributed by atoms with E-state index in [9.17, 15) is 13.2 Å². The minimum Gasteiger partial charge on any atom is -0.381 e. The molecule has 0 spiro atoms. The third-order valence-corrected chi connectivity index (χ3v) is 3.45. The van der Waals surface area contributed by atoms with E-state index in [0.717, 1.165) is 19.6 Å². The van der Waals surface area contributed by atoms with Crippen molar-refractivity contribution in [2.24, 2.45) is 10.9 Å². The molecule has 1 aliphatic heterocycles. The molecule has 0 amide bonds. The first-order chi connectivity index (χ1) is 10.8. The molecule has 1 aliphatic rings. The van der Waals surface area contributed by atoms with E-state index >= 15 is 0 Å². The fourth-order valence-corrected chi connectivity index (χ4v) is 2.44. The number of ether oxygens (including phenoxy) is 1. The number of aliphatic imine (C=N–C) groups is 1. The van der Waals surface area contributed by atoms with Gasteiger partial charge < -0.3 is 15.4 Å². The Morgan fingerprint density at radius 1 is 1.38 bits per heavy atom. The summed E-state index contributed by atoms with van der Waals surface area (Å²) in [4.78, 5) is 5.53. The number of nitrogens with one attached hydrogen (secondary N) is 2. The summed E-state index contributed by atoms with van der Waals surface area (Å²) in [5.41, 5.74) is 0. The molecule has 0 aliphatic carbocycles. The molecule has 24 heavy (non-hydrogen) atoms. The minimum atomic E-state index is -4.13.